The first-order chi connectivity index (χ1) is 5.24. The molecule has 0 aliphatic carbocycles. The maximum Gasteiger partial charge on any atom is 0.233 e. The number of amides is 1. The maximum absolute atomic E-state index is 10.9. The van der Waals surface area contributed by atoms with Crippen LogP contribution in [-0.4, -0.2) is 45.4 Å². The summed E-state index contributed by atoms with van der Waals surface area (Å²) in [7, 11) is 0. The summed E-state index contributed by atoms with van der Waals surface area (Å²) < 4.78 is 1.50. The molecule has 64 valence electrons. The Bertz CT molecular complexity index is 153. The van der Waals surface area contributed by atoms with Crippen LogP contribution in [0.5, 0.6) is 0 Å². The summed E-state index contributed by atoms with van der Waals surface area (Å²) in [6, 6.07) is 0. The molecule has 0 saturated carbocycles. The van der Waals surface area contributed by atoms with E-state index in [1.165, 1.54) is 16.3 Å². The van der Waals surface area contributed by atoms with Gasteiger partial charge in [-0.3, -0.25) is 9.10 Å². The molecule has 1 unspecified atom stereocenters. The molecule has 1 rings (SSSR count). The number of rotatable bonds is 3. The van der Waals surface area contributed by atoms with Crippen LogP contribution in [0.1, 0.15) is 6.42 Å². The number of aliphatic hydroxyl groups is 2. The fourth-order valence-electron chi connectivity index (χ4n) is 0.844. The molecule has 1 saturated heterocycles. The van der Waals surface area contributed by atoms with Crippen molar-refractivity contribution in [2.45, 2.75) is 12.5 Å². The molecule has 1 aliphatic heterocycles. The summed E-state index contributed by atoms with van der Waals surface area (Å²) in [5, 5.41) is 17.5. The Labute approximate surface area is 69.3 Å². The first-order valence-electron chi connectivity index (χ1n) is 3.46. The van der Waals surface area contributed by atoms with E-state index < -0.39 is 6.10 Å². The number of β-amino-alcohol motifs (C(OH)–C–C–N with tert-alkyl or cyclic N) is 1. The van der Waals surface area contributed by atoms with Crippen molar-refractivity contribution in [2.75, 3.05) is 18.9 Å². The quantitative estimate of drug-likeness (QED) is 0.555. The number of aliphatic hydroxyl groups excluding tert-OH is 2. The fourth-order valence-corrected chi connectivity index (χ4v) is 1.84. The van der Waals surface area contributed by atoms with Crippen molar-refractivity contribution in [1.29, 1.82) is 0 Å². The van der Waals surface area contributed by atoms with Crippen molar-refractivity contribution in [3.8, 4) is 0 Å². The lowest BCUT2D eigenvalue weighted by Crippen LogP contribution is -2.30. The van der Waals surface area contributed by atoms with Gasteiger partial charge in [-0.1, -0.05) is 0 Å². The molecule has 0 aromatic carbocycles. The highest BCUT2D eigenvalue weighted by atomic mass is 32.2. The molecule has 1 aliphatic rings. The molecule has 0 spiro atoms. The topological polar surface area (TPSA) is 60.8 Å². The molecule has 1 amide bonds. The van der Waals surface area contributed by atoms with Crippen LogP contribution in [0.2, 0.25) is 0 Å². The van der Waals surface area contributed by atoms with E-state index in [2.05, 4.69) is 0 Å². The summed E-state index contributed by atoms with van der Waals surface area (Å²) in [6.45, 7) is -0.0513. The second kappa shape index (κ2) is 3.94. The Morgan fingerprint density at radius 1 is 1.73 bits per heavy atom. The minimum absolute atomic E-state index is 0.0440. The van der Waals surface area contributed by atoms with E-state index in [-0.39, 0.29) is 19.1 Å². The number of hydrogen-bond donors (Lipinski definition) is 2. The summed E-state index contributed by atoms with van der Waals surface area (Å²) >= 11 is 1.41. The second-order valence-electron chi connectivity index (χ2n) is 2.37. The van der Waals surface area contributed by atoms with Crippen LogP contribution in [0, 0.1) is 0 Å². The van der Waals surface area contributed by atoms with Crippen LogP contribution < -0.4 is 0 Å². The van der Waals surface area contributed by atoms with Crippen LogP contribution in [0.15, 0.2) is 0 Å². The van der Waals surface area contributed by atoms with Crippen LogP contribution in [0.4, 0.5) is 0 Å². The Morgan fingerprint density at radius 2 is 2.45 bits per heavy atom. The zero-order valence-corrected chi connectivity index (χ0v) is 6.88. The third-order valence-corrected chi connectivity index (χ3v) is 2.48. The van der Waals surface area contributed by atoms with Crippen LogP contribution in [0.3, 0.4) is 0 Å². The van der Waals surface area contributed by atoms with E-state index in [1.807, 2.05) is 0 Å². The molecule has 0 aromatic heterocycles. The van der Waals surface area contributed by atoms with Crippen molar-refractivity contribution >= 4 is 17.9 Å². The van der Waals surface area contributed by atoms with E-state index in [9.17, 15) is 4.79 Å². The number of carbonyl (C=O) groups is 1. The molecule has 1 fully saturated rings. The Kier molecular flexibility index (Phi) is 3.16. The fraction of sp³-hybridized carbons (Fsp3) is 0.833. The highest BCUT2D eigenvalue weighted by Gasteiger charge is 2.23. The van der Waals surface area contributed by atoms with Gasteiger partial charge in [-0.05, 0) is 11.9 Å². The number of hydrogen-bond acceptors (Lipinski definition) is 4. The van der Waals surface area contributed by atoms with Crippen LogP contribution >= 0.6 is 11.9 Å². The predicted molar refractivity (Wildman–Crippen MR) is 41.9 cm³/mol. The molecule has 0 bridgehead atoms. The number of carbonyl (C=O) groups excluding carboxylic acids is 1. The zero-order chi connectivity index (χ0) is 8.27. The third kappa shape index (κ3) is 2.36. The van der Waals surface area contributed by atoms with Gasteiger partial charge in [0.25, 0.3) is 0 Å². The normalized spacial score (nSPS) is 20.9. The molecule has 0 aromatic rings. The van der Waals surface area contributed by atoms with Gasteiger partial charge in [0.05, 0.1) is 19.3 Å². The van der Waals surface area contributed by atoms with Gasteiger partial charge in [0, 0.05) is 12.2 Å². The second-order valence-corrected chi connectivity index (χ2v) is 3.48. The molecule has 4 nitrogen and oxygen atoms in total. The molecule has 11 heavy (non-hydrogen) atoms. The van der Waals surface area contributed by atoms with E-state index in [0.29, 0.717) is 6.42 Å². The summed E-state index contributed by atoms with van der Waals surface area (Å²) in [5.41, 5.74) is 0. The predicted octanol–water partition coefficient (Wildman–Crippen LogP) is -0.780. The van der Waals surface area contributed by atoms with Crippen molar-refractivity contribution in [3.05, 3.63) is 0 Å². The minimum atomic E-state index is -0.801. The molecular formula is C6H11NO3S. The molecule has 0 radical (unpaired) electrons. The number of nitrogens with zero attached hydrogens (tertiary/aromatic N) is 1. The Balaban J connectivity index is 2.30. The van der Waals surface area contributed by atoms with Crippen molar-refractivity contribution in [2.24, 2.45) is 0 Å². The summed E-state index contributed by atoms with van der Waals surface area (Å²) in [5.74, 6) is 0.833. The standard InChI is InChI=1S/C6H11NO3S/c8-4-5(9)3-7-6(10)1-2-11-7/h5,8-9H,1-4H2. The van der Waals surface area contributed by atoms with Gasteiger partial charge >= 0.3 is 0 Å². The van der Waals surface area contributed by atoms with Gasteiger partial charge in [0.2, 0.25) is 5.91 Å². The third-order valence-electron chi connectivity index (χ3n) is 1.43. The molecule has 2 N–H and O–H groups in total. The monoisotopic (exact) mass is 177 g/mol. The average molecular weight is 177 g/mol. The largest absolute Gasteiger partial charge is 0.394 e. The molecule has 1 atom stereocenters. The summed E-state index contributed by atoms with van der Waals surface area (Å²) in [6.07, 6.45) is -0.257. The summed E-state index contributed by atoms with van der Waals surface area (Å²) in [4.78, 5) is 10.9. The van der Waals surface area contributed by atoms with Gasteiger partial charge in [-0.15, -0.1) is 0 Å². The van der Waals surface area contributed by atoms with Crippen molar-refractivity contribution in [3.63, 3.8) is 0 Å². The van der Waals surface area contributed by atoms with E-state index in [0.717, 1.165) is 5.75 Å². The van der Waals surface area contributed by atoms with Gasteiger partial charge in [0.1, 0.15) is 0 Å². The highest BCUT2D eigenvalue weighted by Crippen LogP contribution is 2.21. The van der Waals surface area contributed by atoms with Gasteiger partial charge in [-0.25, -0.2) is 0 Å². The lowest BCUT2D eigenvalue weighted by Gasteiger charge is -2.16. The Hall–Kier alpha value is -0.260. The molecule has 5 heteroatoms. The smallest absolute Gasteiger partial charge is 0.233 e. The SMILES string of the molecule is O=C1CCSN1CC(O)CO. The van der Waals surface area contributed by atoms with E-state index >= 15 is 0 Å². The lowest BCUT2D eigenvalue weighted by atomic mass is 10.3. The van der Waals surface area contributed by atoms with Gasteiger partial charge < -0.3 is 10.2 Å². The van der Waals surface area contributed by atoms with Crippen molar-refractivity contribution < 1.29 is 15.0 Å². The van der Waals surface area contributed by atoms with Crippen LogP contribution in [-0.2, 0) is 4.79 Å². The maximum atomic E-state index is 10.9. The minimum Gasteiger partial charge on any atom is -0.394 e. The molecule has 1 heterocycles. The zero-order valence-electron chi connectivity index (χ0n) is 6.06. The Morgan fingerprint density at radius 3 is 2.91 bits per heavy atom. The van der Waals surface area contributed by atoms with E-state index in [4.69, 9.17) is 10.2 Å². The average Bonchev–Trinajstić information content (AvgIpc) is 2.37. The first kappa shape index (κ1) is 8.83. The van der Waals surface area contributed by atoms with Gasteiger partial charge in [0.15, 0.2) is 0 Å². The van der Waals surface area contributed by atoms with Gasteiger partial charge in [-0.2, -0.15) is 0 Å². The van der Waals surface area contributed by atoms with Crippen molar-refractivity contribution in [1.82, 2.24) is 4.31 Å². The lowest BCUT2D eigenvalue weighted by molar-refractivity contribution is -0.125. The van der Waals surface area contributed by atoms with E-state index in [1.54, 1.807) is 0 Å². The van der Waals surface area contributed by atoms with Crippen LogP contribution in [0.25, 0.3) is 0 Å². The first-order valence-corrected chi connectivity index (χ1v) is 4.40. The highest BCUT2D eigenvalue weighted by molar-refractivity contribution is 7.97. The molecular weight excluding hydrogens is 166 g/mol.